The molecule has 0 saturated heterocycles. The Morgan fingerprint density at radius 2 is 1.98 bits per heavy atom. The molecule has 6 rings (SSSR count). The van der Waals surface area contributed by atoms with Crippen LogP contribution in [0.2, 0.25) is 5.02 Å². The average molecular weight is 599 g/mol. The zero-order valence-corrected chi connectivity index (χ0v) is 25.1. The van der Waals surface area contributed by atoms with Crippen molar-refractivity contribution in [3.63, 3.8) is 0 Å². The third-order valence-corrected chi connectivity index (χ3v) is 11.9. The van der Waals surface area contributed by atoms with Crippen molar-refractivity contribution in [3.8, 4) is 5.75 Å². The maximum atomic E-state index is 13.3. The number of aliphatic hydroxyl groups is 1. The van der Waals surface area contributed by atoms with E-state index in [1.807, 2.05) is 18.2 Å². The van der Waals surface area contributed by atoms with Crippen LogP contribution in [-0.2, 0) is 21.9 Å². The molecule has 0 radical (unpaired) electrons. The van der Waals surface area contributed by atoms with Gasteiger partial charge in [0.1, 0.15) is 5.75 Å². The van der Waals surface area contributed by atoms with Crippen molar-refractivity contribution in [2.75, 3.05) is 24.6 Å². The van der Waals surface area contributed by atoms with Crippen LogP contribution < -0.4 is 14.4 Å². The van der Waals surface area contributed by atoms with Crippen molar-refractivity contribution in [1.82, 2.24) is 4.72 Å². The molecule has 2 aromatic rings. The molecule has 4 aliphatic rings. The number of carbonyl (C=O) groups is 1. The van der Waals surface area contributed by atoms with E-state index in [2.05, 4.69) is 21.8 Å². The van der Waals surface area contributed by atoms with Crippen molar-refractivity contribution in [1.29, 1.82) is 0 Å². The summed E-state index contributed by atoms with van der Waals surface area (Å²) in [4.78, 5) is 15.6. The highest BCUT2D eigenvalue weighted by atomic mass is 35.5. The number of allylic oxidation sites excluding steroid dienone is 1. The molecule has 9 heteroatoms. The molecule has 1 amide bonds. The van der Waals surface area contributed by atoms with Crippen LogP contribution >= 0.6 is 11.6 Å². The second-order valence-electron chi connectivity index (χ2n) is 12.3. The first-order valence-corrected chi connectivity index (χ1v) is 16.8. The monoisotopic (exact) mass is 598 g/mol. The van der Waals surface area contributed by atoms with Crippen LogP contribution in [0.25, 0.3) is 0 Å². The van der Waals surface area contributed by atoms with Gasteiger partial charge in [0, 0.05) is 29.1 Å². The molecular formula is C32H39ClN2O5S. The third kappa shape index (κ3) is 5.51. The SMILES string of the molecule is CC[C@H]1C/C=C/C[C@H](O)[C@@H]2CC[C@H]2CN2C[C@@]3(CCCc4cc(Cl)ccc43)COc3ccc(cc32)C(=O)NS1(=O)=O. The highest BCUT2D eigenvalue weighted by Gasteiger charge is 2.44. The first kappa shape index (κ1) is 28.6. The van der Waals surface area contributed by atoms with Crippen molar-refractivity contribution in [2.45, 2.75) is 75.1 Å². The summed E-state index contributed by atoms with van der Waals surface area (Å²) in [6.07, 6.45) is 9.39. The van der Waals surface area contributed by atoms with Gasteiger partial charge in [-0.15, -0.1) is 0 Å². The third-order valence-electron chi connectivity index (χ3n) is 9.80. The van der Waals surface area contributed by atoms with Crippen LogP contribution in [0.3, 0.4) is 0 Å². The second-order valence-corrected chi connectivity index (χ2v) is 14.7. The molecule has 1 saturated carbocycles. The van der Waals surface area contributed by atoms with Crippen LogP contribution in [0.4, 0.5) is 5.69 Å². The molecule has 1 spiro atoms. The lowest BCUT2D eigenvalue weighted by Gasteiger charge is -2.45. The van der Waals surface area contributed by atoms with Crippen LogP contribution in [0.1, 0.15) is 73.4 Å². The Labute approximate surface area is 248 Å². The fourth-order valence-electron chi connectivity index (χ4n) is 7.31. The lowest BCUT2D eigenvalue weighted by molar-refractivity contribution is 0.0177. The Kier molecular flexibility index (Phi) is 7.85. The molecule has 2 bridgehead atoms. The summed E-state index contributed by atoms with van der Waals surface area (Å²) < 4.78 is 35.1. The Balaban J connectivity index is 1.42. The largest absolute Gasteiger partial charge is 0.490 e. The molecule has 0 aromatic heterocycles. The molecule has 0 unspecified atom stereocenters. The topological polar surface area (TPSA) is 95.9 Å². The quantitative estimate of drug-likeness (QED) is 0.428. The highest BCUT2D eigenvalue weighted by Crippen LogP contribution is 2.46. The summed E-state index contributed by atoms with van der Waals surface area (Å²) in [6.45, 7) is 3.74. The van der Waals surface area contributed by atoms with Crippen LogP contribution in [0.5, 0.6) is 5.75 Å². The van der Waals surface area contributed by atoms with Gasteiger partial charge in [-0.1, -0.05) is 36.7 Å². The average Bonchev–Trinajstić information content (AvgIpc) is 3.07. The van der Waals surface area contributed by atoms with E-state index in [-0.39, 0.29) is 16.9 Å². The van der Waals surface area contributed by atoms with Crippen molar-refractivity contribution in [3.05, 3.63) is 70.3 Å². The summed E-state index contributed by atoms with van der Waals surface area (Å²) in [5.41, 5.74) is 3.35. The van der Waals surface area contributed by atoms with E-state index in [1.165, 1.54) is 11.1 Å². The minimum atomic E-state index is -3.89. The summed E-state index contributed by atoms with van der Waals surface area (Å²) in [7, 11) is -3.89. The number of rotatable bonds is 1. The molecule has 2 aliphatic carbocycles. The Morgan fingerprint density at radius 3 is 2.76 bits per heavy atom. The number of aliphatic hydroxyl groups excluding tert-OH is 1. The first-order valence-electron chi connectivity index (χ1n) is 14.9. The van der Waals surface area contributed by atoms with Gasteiger partial charge >= 0.3 is 0 Å². The minimum Gasteiger partial charge on any atom is -0.490 e. The van der Waals surface area contributed by atoms with E-state index in [0.717, 1.165) is 49.4 Å². The maximum Gasteiger partial charge on any atom is 0.264 e. The number of anilines is 1. The normalized spacial score (nSPS) is 32.0. The number of sulfonamides is 1. The number of carbonyl (C=O) groups excluding carboxylic acids is 1. The van der Waals surface area contributed by atoms with E-state index in [9.17, 15) is 18.3 Å². The number of amides is 1. The number of halogens is 1. The Bertz CT molecular complexity index is 1460. The molecular weight excluding hydrogens is 560 g/mol. The maximum absolute atomic E-state index is 13.3. The fourth-order valence-corrected chi connectivity index (χ4v) is 8.85. The van der Waals surface area contributed by atoms with Gasteiger partial charge in [-0.3, -0.25) is 4.79 Å². The van der Waals surface area contributed by atoms with Gasteiger partial charge in [-0.2, -0.15) is 0 Å². The lowest BCUT2D eigenvalue weighted by atomic mass is 9.68. The zero-order chi connectivity index (χ0) is 28.8. The molecule has 1 fully saturated rings. The Hall–Kier alpha value is -2.55. The van der Waals surface area contributed by atoms with Gasteiger partial charge in [0.05, 0.1) is 23.6 Å². The fraction of sp³-hybridized carbons (Fsp3) is 0.531. The van der Waals surface area contributed by atoms with Crippen LogP contribution in [0.15, 0.2) is 48.6 Å². The summed E-state index contributed by atoms with van der Waals surface area (Å²) in [5, 5.41) is 11.1. The lowest BCUT2D eigenvalue weighted by Crippen LogP contribution is -2.49. The van der Waals surface area contributed by atoms with Gasteiger partial charge in [-0.05, 0) is 105 Å². The number of nitrogens with zero attached hydrogens (tertiary/aromatic N) is 1. The van der Waals surface area contributed by atoms with Crippen molar-refractivity contribution >= 4 is 33.2 Å². The predicted molar refractivity (Wildman–Crippen MR) is 161 cm³/mol. The summed E-state index contributed by atoms with van der Waals surface area (Å²) in [6, 6.07) is 11.4. The standard InChI is InChI=1S/C32H39ClN2O5S/c1-2-25-7-3-4-8-29(36)26-12-9-23(26)18-35-19-32(15-5-6-21-16-24(33)11-13-27(21)32)20-40-30-14-10-22(17-28(30)35)31(37)34-41(25,38)39/h3-4,10-11,13-14,16-17,23,25-26,29,36H,2,5-9,12,15,18-20H2,1H3,(H,34,37)/b4-3+/t23-,25-,26+,29-,32-/m0/s1. The van der Waals surface area contributed by atoms with Gasteiger partial charge in [-0.25, -0.2) is 13.1 Å². The molecule has 5 atom stereocenters. The summed E-state index contributed by atoms with van der Waals surface area (Å²) in [5.74, 6) is 0.541. The van der Waals surface area contributed by atoms with E-state index in [1.54, 1.807) is 25.1 Å². The highest BCUT2D eigenvalue weighted by molar-refractivity contribution is 7.90. The zero-order valence-electron chi connectivity index (χ0n) is 23.5. The van der Waals surface area contributed by atoms with E-state index in [4.69, 9.17) is 16.3 Å². The minimum absolute atomic E-state index is 0.172. The molecule has 2 aliphatic heterocycles. The number of aryl methyl sites for hydroxylation is 1. The van der Waals surface area contributed by atoms with Crippen molar-refractivity contribution < 1.29 is 23.1 Å². The molecule has 2 heterocycles. The van der Waals surface area contributed by atoms with Crippen LogP contribution in [-0.4, -0.2) is 50.5 Å². The first-order chi connectivity index (χ1) is 19.7. The molecule has 2 aromatic carbocycles. The molecule has 7 nitrogen and oxygen atoms in total. The van der Waals surface area contributed by atoms with Crippen molar-refractivity contribution in [2.24, 2.45) is 11.8 Å². The predicted octanol–water partition coefficient (Wildman–Crippen LogP) is 5.39. The van der Waals surface area contributed by atoms with E-state index in [0.29, 0.717) is 44.1 Å². The smallest absolute Gasteiger partial charge is 0.264 e. The number of benzene rings is 2. The number of ether oxygens (including phenoxy) is 1. The molecule has 41 heavy (non-hydrogen) atoms. The number of hydrogen-bond donors (Lipinski definition) is 2. The van der Waals surface area contributed by atoms with E-state index < -0.39 is 27.3 Å². The van der Waals surface area contributed by atoms with Gasteiger partial charge < -0.3 is 14.7 Å². The number of nitrogens with one attached hydrogen (secondary N) is 1. The Morgan fingerprint density at radius 1 is 1.15 bits per heavy atom. The molecule has 2 N–H and O–H groups in total. The van der Waals surface area contributed by atoms with Gasteiger partial charge in [0.25, 0.3) is 5.91 Å². The molecule has 220 valence electrons. The number of hydrogen-bond acceptors (Lipinski definition) is 6. The van der Waals surface area contributed by atoms with Gasteiger partial charge in [0.15, 0.2) is 0 Å². The van der Waals surface area contributed by atoms with Crippen LogP contribution in [0, 0.1) is 11.8 Å². The second kappa shape index (κ2) is 11.3. The summed E-state index contributed by atoms with van der Waals surface area (Å²) >= 11 is 6.38. The van der Waals surface area contributed by atoms with Gasteiger partial charge in [0.2, 0.25) is 10.0 Å². The number of fused-ring (bicyclic) bond motifs is 4. The van der Waals surface area contributed by atoms with E-state index >= 15 is 0 Å².